The van der Waals surface area contributed by atoms with E-state index < -0.39 is 47.8 Å². The number of epoxide rings is 1. The van der Waals surface area contributed by atoms with Crippen molar-refractivity contribution in [3.8, 4) is 5.75 Å². The molecule has 38 heavy (non-hydrogen) atoms. The number of ether oxygens (including phenoxy) is 4. The van der Waals surface area contributed by atoms with Gasteiger partial charge in [-0.05, 0) is 37.1 Å². The number of nitrogens with zero attached hydrogens (tertiary/aromatic N) is 1. The third-order valence-electron chi connectivity index (χ3n) is 7.86. The van der Waals surface area contributed by atoms with E-state index in [0.717, 1.165) is 11.1 Å². The third-order valence-corrected chi connectivity index (χ3v) is 8.24. The van der Waals surface area contributed by atoms with Gasteiger partial charge in [-0.3, -0.25) is 10.1 Å². The van der Waals surface area contributed by atoms with Crippen molar-refractivity contribution in [2.75, 3.05) is 26.2 Å². The predicted octanol–water partition coefficient (Wildman–Crippen LogP) is 3.03. The average molecular weight is 551 g/mol. The molecule has 0 aliphatic carbocycles. The first-order valence-corrected chi connectivity index (χ1v) is 12.8. The van der Waals surface area contributed by atoms with Crippen molar-refractivity contribution in [3.63, 3.8) is 0 Å². The molecule has 0 spiro atoms. The highest BCUT2D eigenvalue weighted by Crippen LogP contribution is 2.48. The number of fused-ring (bicyclic) bond motifs is 5. The molecule has 11 heteroatoms. The van der Waals surface area contributed by atoms with E-state index in [1.54, 1.807) is 44.3 Å². The van der Waals surface area contributed by atoms with Crippen LogP contribution in [0.1, 0.15) is 39.2 Å². The summed E-state index contributed by atoms with van der Waals surface area (Å²) < 4.78 is 22.4. The molecule has 4 bridgehead atoms. The van der Waals surface area contributed by atoms with E-state index in [1.807, 2.05) is 13.8 Å². The number of hydrogen-bond acceptors (Lipinski definition) is 8. The summed E-state index contributed by atoms with van der Waals surface area (Å²) >= 11 is 6.57. The first-order valence-electron chi connectivity index (χ1n) is 12.4. The van der Waals surface area contributed by atoms with E-state index in [-0.39, 0.29) is 23.8 Å². The summed E-state index contributed by atoms with van der Waals surface area (Å²) in [6.07, 6.45) is 0.930. The quantitative estimate of drug-likeness (QED) is 0.479. The molecule has 3 aliphatic rings. The molecule has 7 atom stereocenters. The van der Waals surface area contributed by atoms with E-state index in [2.05, 4.69) is 5.32 Å². The van der Waals surface area contributed by atoms with Crippen LogP contribution in [0.2, 0.25) is 5.02 Å². The van der Waals surface area contributed by atoms with E-state index >= 15 is 0 Å². The molecule has 2 amide bonds. The third kappa shape index (κ3) is 5.15. The molecule has 3 heterocycles. The zero-order valence-electron chi connectivity index (χ0n) is 22.4. The zero-order valence-corrected chi connectivity index (χ0v) is 23.1. The number of carbonyl (C=O) groups is 2. The smallest absolute Gasteiger partial charge is 0.409 e. The molecule has 1 aromatic rings. The number of hydrogen-bond donors (Lipinski definition) is 3. The highest BCUT2D eigenvalue weighted by atomic mass is 35.5. The number of aliphatic hydroxyl groups is 2. The number of halogens is 1. The first-order chi connectivity index (χ1) is 17.8. The Hall–Kier alpha value is -2.63. The summed E-state index contributed by atoms with van der Waals surface area (Å²) in [5.41, 5.74) is -0.805. The summed E-state index contributed by atoms with van der Waals surface area (Å²) in [7, 11) is 4.52. The van der Waals surface area contributed by atoms with E-state index in [9.17, 15) is 19.8 Å². The Labute approximate surface area is 227 Å². The molecule has 3 aliphatic heterocycles. The molecule has 2 saturated heterocycles. The van der Waals surface area contributed by atoms with Gasteiger partial charge in [0, 0.05) is 26.5 Å². The van der Waals surface area contributed by atoms with Gasteiger partial charge in [-0.1, -0.05) is 36.8 Å². The number of methoxy groups -OCH3 is 2. The van der Waals surface area contributed by atoms with Crippen LogP contribution in [0, 0.1) is 5.92 Å². The molecule has 0 saturated carbocycles. The minimum absolute atomic E-state index is 0.0247. The van der Waals surface area contributed by atoms with Gasteiger partial charge in [0.2, 0.25) is 5.91 Å². The van der Waals surface area contributed by atoms with Crippen molar-refractivity contribution < 1.29 is 38.7 Å². The summed E-state index contributed by atoms with van der Waals surface area (Å²) in [6, 6.07) is 3.52. The van der Waals surface area contributed by atoms with Gasteiger partial charge in [-0.25, -0.2) is 4.79 Å². The van der Waals surface area contributed by atoms with Gasteiger partial charge < -0.3 is 34.1 Å². The first kappa shape index (κ1) is 28.4. The SMILES string of the molecule is COc1cc2cc(c1Cl)N(C)C(=O)C[C@H](O)[C@]1(C)OC1C(C)[C@@H]1C[C@@](O)(NC(=O)O1)[C@H](OC)/C=C/C=C2C. The highest BCUT2D eigenvalue weighted by Gasteiger charge is 2.62. The molecule has 0 aromatic heterocycles. The number of carbonyl (C=O) groups excluding carboxylic acids is 2. The molecular formula is C27H35ClN2O8. The molecular weight excluding hydrogens is 516 g/mol. The largest absolute Gasteiger partial charge is 0.495 e. The fourth-order valence-electron chi connectivity index (χ4n) is 5.23. The Morgan fingerprint density at radius 1 is 1.26 bits per heavy atom. The molecule has 0 radical (unpaired) electrons. The van der Waals surface area contributed by atoms with Crippen LogP contribution in [-0.2, 0) is 19.0 Å². The lowest BCUT2D eigenvalue weighted by Gasteiger charge is -2.42. The van der Waals surface area contributed by atoms with Gasteiger partial charge in [-0.2, -0.15) is 0 Å². The topological polar surface area (TPSA) is 130 Å². The van der Waals surface area contributed by atoms with Crippen LogP contribution in [0.5, 0.6) is 5.75 Å². The molecule has 4 rings (SSSR count). The van der Waals surface area contributed by atoms with Crippen LogP contribution in [0.3, 0.4) is 0 Å². The second kappa shape index (κ2) is 10.5. The van der Waals surface area contributed by atoms with Crippen molar-refractivity contribution in [2.45, 2.75) is 69.4 Å². The zero-order chi connectivity index (χ0) is 28.0. The summed E-state index contributed by atoms with van der Waals surface area (Å²) in [5, 5.41) is 25.2. The molecule has 2 fully saturated rings. The summed E-state index contributed by atoms with van der Waals surface area (Å²) in [6.45, 7) is 5.40. The maximum absolute atomic E-state index is 13.2. The molecule has 2 unspecified atom stereocenters. The van der Waals surface area contributed by atoms with Gasteiger partial charge in [0.15, 0.2) is 5.72 Å². The molecule has 3 N–H and O–H groups in total. The standard InChI is InChI=1S/C27H35ClN2O8/c1-14-8-7-9-21(36-6)27(34)13-19(37-25(33)29-27)15(2)24-26(3,38-24)20(31)12-22(32)30(4)17-10-16(14)11-18(35-5)23(17)28/h7-11,15,19-21,24,31,34H,12-13H2,1-6H3,(H,29,33)/b9-7+,14-8?/t15?,19-,20-,21+,24?,26-,27-/m0/s1. The molecule has 208 valence electrons. The number of anilines is 1. The van der Waals surface area contributed by atoms with Crippen LogP contribution in [0.25, 0.3) is 5.57 Å². The van der Waals surface area contributed by atoms with Gasteiger partial charge in [-0.15, -0.1) is 0 Å². The number of benzene rings is 1. The van der Waals surface area contributed by atoms with E-state index in [0.29, 0.717) is 11.4 Å². The Morgan fingerprint density at radius 2 is 1.97 bits per heavy atom. The Balaban J connectivity index is 1.79. The normalized spacial score (nSPS) is 36.6. The Morgan fingerprint density at radius 3 is 2.63 bits per heavy atom. The minimum Gasteiger partial charge on any atom is -0.495 e. The van der Waals surface area contributed by atoms with Crippen molar-refractivity contribution >= 4 is 34.9 Å². The predicted molar refractivity (Wildman–Crippen MR) is 141 cm³/mol. The van der Waals surface area contributed by atoms with Gasteiger partial charge >= 0.3 is 6.09 Å². The summed E-state index contributed by atoms with van der Waals surface area (Å²) in [4.78, 5) is 27.1. The second-order valence-electron chi connectivity index (χ2n) is 10.4. The summed E-state index contributed by atoms with van der Waals surface area (Å²) in [5.74, 6) is -0.371. The lowest BCUT2D eigenvalue weighted by Crippen LogP contribution is -2.63. The fourth-order valence-corrected chi connectivity index (χ4v) is 5.54. The Bertz CT molecular complexity index is 1170. The monoisotopic (exact) mass is 550 g/mol. The van der Waals surface area contributed by atoms with Gasteiger partial charge in [0.1, 0.15) is 28.6 Å². The van der Waals surface area contributed by atoms with E-state index in [4.69, 9.17) is 30.5 Å². The van der Waals surface area contributed by atoms with Gasteiger partial charge in [0.05, 0.1) is 31.4 Å². The molecule has 1 aromatic carbocycles. The fraction of sp³-hybridized carbons (Fsp3) is 0.556. The lowest BCUT2D eigenvalue weighted by atomic mass is 9.83. The maximum atomic E-state index is 13.2. The minimum atomic E-state index is -1.74. The molecule has 10 nitrogen and oxygen atoms in total. The van der Waals surface area contributed by atoms with Crippen LogP contribution in [0.4, 0.5) is 10.5 Å². The number of amides is 2. The van der Waals surface area contributed by atoms with Crippen molar-refractivity contribution in [1.29, 1.82) is 0 Å². The number of allylic oxidation sites excluding steroid dienone is 3. The number of nitrogens with one attached hydrogen (secondary N) is 1. The number of alkyl carbamates (subject to hydrolysis) is 1. The van der Waals surface area contributed by atoms with Crippen molar-refractivity contribution in [2.24, 2.45) is 5.92 Å². The highest BCUT2D eigenvalue weighted by molar-refractivity contribution is 6.35. The van der Waals surface area contributed by atoms with Crippen LogP contribution in [-0.4, -0.2) is 79.2 Å². The van der Waals surface area contributed by atoms with Crippen LogP contribution >= 0.6 is 11.6 Å². The maximum Gasteiger partial charge on any atom is 0.409 e. The Kier molecular flexibility index (Phi) is 7.84. The van der Waals surface area contributed by atoms with Crippen molar-refractivity contribution in [1.82, 2.24) is 5.32 Å². The lowest BCUT2D eigenvalue weighted by molar-refractivity contribution is -0.142. The van der Waals surface area contributed by atoms with Gasteiger partial charge in [0.25, 0.3) is 0 Å². The van der Waals surface area contributed by atoms with Crippen LogP contribution < -0.4 is 15.0 Å². The second-order valence-corrected chi connectivity index (χ2v) is 10.7. The average Bonchev–Trinajstić information content (AvgIpc) is 3.57. The van der Waals surface area contributed by atoms with E-state index in [1.165, 1.54) is 19.1 Å². The number of aliphatic hydroxyl groups excluding tert-OH is 1. The van der Waals surface area contributed by atoms with Crippen LogP contribution in [0.15, 0.2) is 30.4 Å². The van der Waals surface area contributed by atoms with Crippen molar-refractivity contribution in [3.05, 3.63) is 40.9 Å². The number of rotatable bonds is 2.